The number of thiophene rings is 1. The highest BCUT2D eigenvalue weighted by Crippen LogP contribution is 2.31. The second kappa shape index (κ2) is 2.01. The summed E-state index contributed by atoms with van der Waals surface area (Å²) in [5.41, 5.74) is 1.04. The maximum atomic E-state index is 5.73. The minimum absolute atomic E-state index is 0.516. The SMILES string of the molecule is Cc1c(Cl)oc2sccc12. The summed E-state index contributed by atoms with van der Waals surface area (Å²) in [5.74, 6) is 0. The maximum absolute atomic E-state index is 5.73. The van der Waals surface area contributed by atoms with E-state index in [1.165, 1.54) is 0 Å². The lowest BCUT2D eigenvalue weighted by atomic mass is 10.3. The predicted molar refractivity (Wildman–Crippen MR) is 43.8 cm³/mol. The molecule has 2 aromatic heterocycles. The highest BCUT2D eigenvalue weighted by atomic mass is 35.5. The first-order valence-electron chi connectivity index (χ1n) is 2.91. The minimum Gasteiger partial charge on any atom is -0.434 e. The lowest BCUT2D eigenvalue weighted by molar-refractivity contribution is 0.623. The lowest BCUT2D eigenvalue weighted by Gasteiger charge is -1.79. The Morgan fingerprint density at radius 1 is 1.60 bits per heavy atom. The van der Waals surface area contributed by atoms with Crippen LogP contribution in [0, 0.1) is 6.92 Å². The summed E-state index contributed by atoms with van der Waals surface area (Å²) in [7, 11) is 0. The molecule has 0 aromatic carbocycles. The van der Waals surface area contributed by atoms with Crippen LogP contribution in [0.5, 0.6) is 0 Å². The van der Waals surface area contributed by atoms with E-state index in [4.69, 9.17) is 16.0 Å². The molecule has 3 heteroatoms. The third-order valence-corrected chi connectivity index (χ3v) is 2.66. The zero-order valence-electron chi connectivity index (χ0n) is 5.35. The summed E-state index contributed by atoms with van der Waals surface area (Å²) >= 11 is 7.30. The van der Waals surface area contributed by atoms with Gasteiger partial charge in [0.2, 0.25) is 0 Å². The zero-order chi connectivity index (χ0) is 7.14. The molecule has 0 amide bonds. The maximum Gasteiger partial charge on any atom is 0.198 e. The van der Waals surface area contributed by atoms with Gasteiger partial charge in [-0.2, -0.15) is 0 Å². The van der Waals surface area contributed by atoms with Crippen LogP contribution in [0.3, 0.4) is 0 Å². The number of hydrogen-bond donors (Lipinski definition) is 0. The second-order valence-electron chi connectivity index (χ2n) is 2.12. The van der Waals surface area contributed by atoms with Gasteiger partial charge < -0.3 is 4.42 Å². The van der Waals surface area contributed by atoms with Crippen molar-refractivity contribution in [3.8, 4) is 0 Å². The summed E-state index contributed by atoms with van der Waals surface area (Å²) < 4.78 is 5.22. The Labute approximate surface area is 67.2 Å². The normalized spacial score (nSPS) is 11.0. The molecule has 0 unspecified atom stereocenters. The first-order chi connectivity index (χ1) is 4.79. The Morgan fingerprint density at radius 2 is 2.40 bits per heavy atom. The van der Waals surface area contributed by atoms with Gasteiger partial charge in [0.1, 0.15) is 0 Å². The Hall–Kier alpha value is -0.470. The molecule has 2 rings (SSSR count). The molecule has 52 valence electrons. The van der Waals surface area contributed by atoms with E-state index in [0.717, 1.165) is 15.8 Å². The summed E-state index contributed by atoms with van der Waals surface area (Å²) in [6, 6.07) is 2.02. The third kappa shape index (κ3) is 0.693. The largest absolute Gasteiger partial charge is 0.434 e. The first-order valence-corrected chi connectivity index (χ1v) is 4.17. The quantitative estimate of drug-likeness (QED) is 0.593. The molecular weight excluding hydrogens is 168 g/mol. The summed E-state index contributed by atoms with van der Waals surface area (Å²) in [4.78, 5) is 0.919. The molecule has 0 saturated carbocycles. The molecule has 0 atom stereocenters. The molecule has 0 aliphatic rings. The van der Waals surface area contributed by atoms with Crippen LogP contribution >= 0.6 is 22.9 Å². The van der Waals surface area contributed by atoms with Crippen LogP contribution in [0.25, 0.3) is 10.3 Å². The molecule has 0 spiro atoms. The van der Waals surface area contributed by atoms with Crippen LogP contribution in [0.2, 0.25) is 5.22 Å². The molecule has 0 aliphatic heterocycles. The number of halogens is 1. The van der Waals surface area contributed by atoms with Crippen LogP contribution in [0.4, 0.5) is 0 Å². The van der Waals surface area contributed by atoms with Crippen molar-refractivity contribution < 1.29 is 4.42 Å². The highest BCUT2D eigenvalue weighted by molar-refractivity contribution is 7.16. The molecule has 1 nitrogen and oxygen atoms in total. The topological polar surface area (TPSA) is 13.1 Å². The zero-order valence-corrected chi connectivity index (χ0v) is 6.92. The van der Waals surface area contributed by atoms with Gasteiger partial charge in [-0.15, -0.1) is 11.3 Å². The van der Waals surface area contributed by atoms with E-state index < -0.39 is 0 Å². The van der Waals surface area contributed by atoms with Crippen molar-refractivity contribution in [1.82, 2.24) is 0 Å². The van der Waals surface area contributed by atoms with Crippen molar-refractivity contribution in [2.75, 3.05) is 0 Å². The summed E-state index contributed by atoms with van der Waals surface area (Å²) in [5, 5.41) is 3.65. The molecule has 0 saturated heterocycles. The van der Waals surface area contributed by atoms with Gasteiger partial charge in [-0.25, -0.2) is 0 Å². The smallest absolute Gasteiger partial charge is 0.198 e. The fraction of sp³-hybridized carbons (Fsp3) is 0.143. The van der Waals surface area contributed by atoms with Gasteiger partial charge in [-0.3, -0.25) is 0 Å². The van der Waals surface area contributed by atoms with Crippen LogP contribution in [0.15, 0.2) is 15.9 Å². The van der Waals surface area contributed by atoms with Crippen LogP contribution in [-0.2, 0) is 0 Å². The van der Waals surface area contributed by atoms with Crippen molar-refractivity contribution in [3.05, 3.63) is 22.2 Å². The molecule has 0 radical (unpaired) electrons. The van der Waals surface area contributed by atoms with E-state index in [2.05, 4.69) is 0 Å². The number of furan rings is 1. The standard InChI is InChI=1S/C7H5ClOS/c1-4-5-2-3-10-7(5)9-6(4)8/h2-3H,1H3. The molecule has 2 aromatic rings. The number of hydrogen-bond acceptors (Lipinski definition) is 2. The molecule has 10 heavy (non-hydrogen) atoms. The average molecular weight is 173 g/mol. The first kappa shape index (κ1) is 6.25. The molecule has 0 aliphatic carbocycles. The van der Waals surface area contributed by atoms with E-state index in [9.17, 15) is 0 Å². The third-order valence-electron chi connectivity index (χ3n) is 1.51. The fourth-order valence-electron chi connectivity index (χ4n) is 0.916. The fourth-order valence-corrected chi connectivity index (χ4v) is 1.95. The Morgan fingerprint density at radius 3 is 3.10 bits per heavy atom. The van der Waals surface area contributed by atoms with Crippen LogP contribution in [-0.4, -0.2) is 0 Å². The van der Waals surface area contributed by atoms with Gasteiger partial charge in [0.25, 0.3) is 0 Å². The van der Waals surface area contributed by atoms with E-state index in [1.807, 2.05) is 18.4 Å². The number of aryl methyl sites for hydroxylation is 1. The van der Waals surface area contributed by atoms with E-state index in [-0.39, 0.29) is 0 Å². The van der Waals surface area contributed by atoms with Gasteiger partial charge in [0.15, 0.2) is 10.1 Å². The molecule has 2 heterocycles. The summed E-state index contributed by atoms with van der Waals surface area (Å²) in [6.45, 7) is 1.96. The molecule has 0 fully saturated rings. The Kier molecular flexibility index (Phi) is 1.25. The van der Waals surface area contributed by atoms with Crippen LogP contribution < -0.4 is 0 Å². The van der Waals surface area contributed by atoms with Gasteiger partial charge in [-0.05, 0) is 30.0 Å². The van der Waals surface area contributed by atoms with Crippen LogP contribution in [0.1, 0.15) is 5.56 Å². The number of fused-ring (bicyclic) bond motifs is 1. The average Bonchev–Trinajstić information content (AvgIpc) is 2.41. The van der Waals surface area contributed by atoms with Gasteiger partial charge in [0.05, 0.1) is 0 Å². The highest BCUT2D eigenvalue weighted by Gasteiger charge is 2.07. The molecule has 0 bridgehead atoms. The molecular formula is C7H5ClOS. The van der Waals surface area contributed by atoms with Gasteiger partial charge >= 0.3 is 0 Å². The Bertz CT molecular complexity index is 360. The molecule has 0 N–H and O–H groups in total. The van der Waals surface area contributed by atoms with Crippen molar-refractivity contribution in [3.63, 3.8) is 0 Å². The predicted octanol–water partition coefficient (Wildman–Crippen LogP) is 3.46. The number of rotatable bonds is 0. The summed E-state index contributed by atoms with van der Waals surface area (Å²) in [6.07, 6.45) is 0. The lowest BCUT2D eigenvalue weighted by Crippen LogP contribution is -1.60. The monoisotopic (exact) mass is 172 g/mol. The second-order valence-corrected chi connectivity index (χ2v) is 3.34. The van der Waals surface area contributed by atoms with Crippen molar-refractivity contribution in [1.29, 1.82) is 0 Å². The van der Waals surface area contributed by atoms with Gasteiger partial charge in [-0.1, -0.05) is 0 Å². The van der Waals surface area contributed by atoms with Gasteiger partial charge in [0, 0.05) is 10.9 Å². The minimum atomic E-state index is 0.516. The van der Waals surface area contributed by atoms with E-state index >= 15 is 0 Å². The van der Waals surface area contributed by atoms with Crippen molar-refractivity contribution in [2.45, 2.75) is 6.92 Å². The Balaban J connectivity index is 2.95. The van der Waals surface area contributed by atoms with Crippen molar-refractivity contribution >= 4 is 33.2 Å². The van der Waals surface area contributed by atoms with Crippen molar-refractivity contribution in [2.24, 2.45) is 0 Å². The van der Waals surface area contributed by atoms with E-state index in [1.54, 1.807) is 11.3 Å². The van der Waals surface area contributed by atoms with E-state index in [0.29, 0.717) is 5.22 Å².